The highest BCUT2D eigenvalue weighted by Gasteiger charge is 2.41. The lowest BCUT2D eigenvalue weighted by Gasteiger charge is -2.35. The molecule has 2 N–H and O–H groups in total. The molecule has 1 aromatic rings. The van der Waals surface area contributed by atoms with Crippen LogP contribution in [0, 0.1) is 10.1 Å². The number of nitro groups is 1. The number of carboxylic acids is 1. The second-order valence-electron chi connectivity index (χ2n) is 5.27. The Labute approximate surface area is 136 Å². The highest BCUT2D eigenvalue weighted by atomic mass is 32.2. The van der Waals surface area contributed by atoms with Gasteiger partial charge in [-0.3, -0.25) is 14.9 Å². The Hall–Kier alpha value is -2.13. The van der Waals surface area contributed by atoms with E-state index in [0.717, 1.165) is 4.90 Å². The summed E-state index contributed by atoms with van der Waals surface area (Å²) in [4.78, 5) is 36.1. The Kier molecular flexibility index (Phi) is 4.90. The van der Waals surface area contributed by atoms with Gasteiger partial charge in [-0.15, -0.1) is 11.8 Å². The number of rotatable bonds is 4. The molecule has 1 fully saturated rings. The Balaban J connectivity index is 2.25. The van der Waals surface area contributed by atoms with Crippen molar-refractivity contribution in [3.05, 3.63) is 33.9 Å². The lowest BCUT2D eigenvalue weighted by atomic mass is 9.91. The van der Waals surface area contributed by atoms with Crippen molar-refractivity contribution in [3.8, 4) is 0 Å². The smallest absolute Gasteiger partial charge is 0.335 e. The third-order valence-corrected chi connectivity index (χ3v) is 4.63. The average Bonchev–Trinajstić information content (AvgIpc) is 2.54. The molecule has 0 bridgehead atoms. The lowest BCUT2D eigenvalue weighted by molar-refractivity contribution is -0.385. The number of carbonyl (C=O) groups is 2. The zero-order valence-corrected chi connectivity index (χ0v) is 13.2. The molecule has 23 heavy (non-hydrogen) atoms. The van der Waals surface area contributed by atoms with Crippen LogP contribution in [0.3, 0.4) is 0 Å². The number of piperidine rings is 1. The molecule has 0 radical (unpaired) electrons. The molecule has 9 heteroatoms. The standard InChI is InChI=1S/C14H16N2O6S/c1-23-9-2-3-11(16(21)22)10(8-9)12(17)15-6-4-14(20,5-7-15)13(18)19/h2-3,8,20H,4-7H2,1H3,(H,18,19). The van der Waals surface area contributed by atoms with E-state index < -0.39 is 22.4 Å². The number of thioether (sulfide) groups is 1. The molecule has 0 spiro atoms. The van der Waals surface area contributed by atoms with Gasteiger partial charge >= 0.3 is 5.97 Å². The fraction of sp³-hybridized carbons (Fsp3) is 0.429. The maximum atomic E-state index is 12.6. The number of hydrogen-bond donors (Lipinski definition) is 2. The van der Waals surface area contributed by atoms with Gasteiger partial charge in [0.1, 0.15) is 5.56 Å². The summed E-state index contributed by atoms with van der Waals surface area (Å²) in [6.45, 7) is 0.0601. The summed E-state index contributed by atoms with van der Waals surface area (Å²) < 4.78 is 0. The normalized spacial score (nSPS) is 16.9. The van der Waals surface area contributed by atoms with E-state index in [1.807, 2.05) is 0 Å². The first kappa shape index (κ1) is 17.2. The second kappa shape index (κ2) is 6.55. The summed E-state index contributed by atoms with van der Waals surface area (Å²) in [6.07, 6.45) is 1.58. The summed E-state index contributed by atoms with van der Waals surface area (Å²) in [7, 11) is 0. The van der Waals surface area contributed by atoms with Gasteiger partial charge in [0.05, 0.1) is 4.92 Å². The van der Waals surface area contributed by atoms with Crippen LogP contribution < -0.4 is 0 Å². The topological polar surface area (TPSA) is 121 Å². The van der Waals surface area contributed by atoms with Gasteiger partial charge in [-0.25, -0.2) is 4.79 Å². The number of hydrogen-bond acceptors (Lipinski definition) is 6. The first-order valence-corrected chi connectivity index (χ1v) is 8.08. The summed E-state index contributed by atoms with van der Waals surface area (Å²) in [5, 5.41) is 30.0. The van der Waals surface area contributed by atoms with Gasteiger partial charge in [0.15, 0.2) is 5.60 Å². The zero-order valence-electron chi connectivity index (χ0n) is 12.4. The van der Waals surface area contributed by atoms with Gasteiger partial charge in [-0.1, -0.05) is 0 Å². The molecule has 124 valence electrons. The van der Waals surface area contributed by atoms with Crippen molar-refractivity contribution in [2.24, 2.45) is 0 Å². The van der Waals surface area contributed by atoms with Crippen LogP contribution in [0.15, 0.2) is 23.1 Å². The highest BCUT2D eigenvalue weighted by Crippen LogP contribution is 2.28. The van der Waals surface area contributed by atoms with Gasteiger partial charge in [-0.05, 0) is 18.4 Å². The average molecular weight is 340 g/mol. The number of carbonyl (C=O) groups excluding carboxylic acids is 1. The van der Waals surface area contributed by atoms with Crippen LogP contribution >= 0.6 is 11.8 Å². The first-order chi connectivity index (χ1) is 10.8. The molecule has 8 nitrogen and oxygen atoms in total. The van der Waals surface area contributed by atoms with Crippen molar-refractivity contribution >= 4 is 29.3 Å². The number of amides is 1. The van der Waals surface area contributed by atoms with Crippen molar-refractivity contribution in [2.75, 3.05) is 19.3 Å². The van der Waals surface area contributed by atoms with Crippen molar-refractivity contribution in [2.45, 2.75) is 23.3 Å². The van der Waals surface area contributed by atoms with Gasteiger partial charge < -0.3 is 15.1 Å². The molecular formula is C14H16N2O6S. The quantitative estimate of drug-likeness (QED) is 0.482. The SMILES string of the molecule is CSc1ccc([N+](=O)[O-])c(C(=O)N2CCC(O)(C(=O)O)CC2)c1. The maximum absolute atomic E-state index is 12.6. The molecule has 0 aromatic heterocycles. The van der Waals surface area contributed by atoms with Crippen LogP contribution in [-0.2, 0) is 4.79 Å². The molecule has 0 aliphatic carbocycles. The molecular weight excluding hydrogens is 324 g/mol. The third kappa shape index (κ3) is 3.45. The van der Waals surface area contributed by atoms with Gasteiger partial charge in [0.25, 0.3) is 11.6 Å². The number of aliphatic hydroxyl groups is 1. The van der Waals surface area contributed by atoms with E-state index in [9.17, 15) is 24.8 Å². The van der Waals surface area contributed by atoms with E-state index in [-0.39, 0.29) is 37.2 Å². The van der Waals surface area contributed by atoms with Crippen molar-refractivity contribution in [3.63, 3.8) is 0 Å². The minimum atomic E-state index is -1.84. The molecule has 1 aliphatic heterocycles. The molecule has 0 saturated carbocycles. The summed E-state index contributed by atoms with van der Waals surface area (Å²) >= 11 is 1.36. The van der Waals surface area contributed by atoms with Crippen LogP contribution in [0.1, 0.15) is 23.2 Å². The predicted molar refractivity (Wildman–Crippen MR) is 82.6 cm³/mol. The summed E-state index contributed by atoms with van der Waals surface area (Å²) in [6, 6.07) is 4.32. The highest BCUT2D eigenvalue weighted by molar-refractivity contribution is 7.98. The second-order valence-corrected chi connectivity index (χ2v) is 6.15. The number of nitrogens with zero attached hydrogens (tertiary/aromatic N) is 2. The third-order valence-electron chi connectivity index (χ3n) is 3.91. The van der Waals surface area contributed by atoms with E-state index in [1.54, 1.807) is 12.3 Å². The van der Waals surface area contributed by atoms with E-state index in [0.29, 0.717) is 0 Å². The van der Waals surface area contributed by atoms with E-state index >= 15 is 0 Å². The minimum absolute atomic E-state index is 0.0254. The minimum Gasteiger partial charge on any atom is -0.479 e. The fourth-order valence-corrected chi connectivity index (χ4v) is 2.88. The Bertz CT molecular complexity index is 655. The Morgan fingerprint density at radius 3 is 2.43 bits per heavy atom. The monoisotopic (exact) mass is 340 g/mol. The number of likely N-dealkylation sites (tertiary alicyclic amines) is 1. The molecule has 1 saturated heterocycles. The summed E-state index contributed by atoms with van der Waals surface area (Å²) in [5.74, 6) is -1.85. The zero-order chi connectivity index (χ0) is 17.2. The molecule has 1 amide bonds. The maximum Gasteiger partial charge on any atom is 0.335 e. The van der Waals surface area contributed by atoms with Crippen LogP contribution in [0.2, 0.25) is 0 Å². The van der Waals surface area contributed by atoms with Crippen LogP contribution in [0.4, 0.5) is 5.69 Å². The van der Waals surface area contributed by atoms with Crippen LogP contribution in [0.5, 0.6) is 0 Å². The van der Waals surface area contributed by atoms with Crippen molar-refractivity contribution in [1.29, 1.82) is 0 Å². The molecule has 0 atom stereocenters. The molecule has 1 heterocycles. The number of nitro benzene ring substituents is 1. The number of aliphatic carboxylic acids is 1. The van der Waals surface area contributed by atoms with E-state index in [2.05, 4.69) is 0 Å². The first-order valence-electron chi connectivity index (χ1n) is 6.86. The summed E-state index contributed by atoms with van der Waals surface area (Å²) in [5.41, 5.74) is -2.15. The fourth-order valence-electron chi connectivity index (χ4n) is 2.44. The Morgan fingerprint density at radius 1 is 1.35 bits per heavy atom. The van der Waals surface area contributed by atoms with Gasteiger partial charge in [0, 0.05) is 36.9 Å². The molecule has 2 rings (SSSR count). The van der Waals surface area contributed by atoms with Gasteiger partial charge in [-0.2, -0.15) is 0 Å². The molecule has 0 unspecified atom stereocenters. The van der Waals surface area contributed by atoms with Crippen molar-refractivity contribution in [1.82, 2.24) is 4.90 Å². The van der Waals surface area contributed by atoms with Crippen LogP contribution in [-0.4, -0.2) is 56.9 Å². The predicted octanol–water partition coefficient (Wildman–Crippen LogP) is 1.37. The Morgan fingerprint density at radius 2 is 1.96 bits per heavy atom. The van der Waals surface area contributed by atoms with E-state index in [1.165, 1.54) is 28.8 Å². The van der Waals surface area contributed by atoms with Crippen molar-refractivity contribution < 1.29 is 24.7 Å². The largest absolute Gasteiger partial charge is 0.479 e. The molecule has 1 aliphatic rings. The van der Waals surface area contributed by atoms with Crippen LogP contribution in [0.25, 0.3) is 0 Å². The number of benzene rings is 1. The van der Waals surface area contributed by atoms with E-state index in [4.69, 9.17) is 5.11 Å². The lowest BCUT2D eigenvalue weighted by Crippen LogP contribution is -2.50. The number of carboxylic acid groups (broad SMARTS) is 1. The molecule has 1 aromatic carbocycles. The van der Waals surface area contributed by atoms with Gasteiger partial charge in [0.2, 0.25) is 0 Å².